The fourth-order valence-electron chi connectivity index (χ4n) is 3.46. The van der Waals surface area contributed by atoms with Gasteiger partial charge in [0.25, 0.3) is 5.56 Å². The molecule has 2 aromatic heterocycles. The molecule has 0 aliphatic heterocycles. The maximum atomic E-state index is 13.4. The zero-order valence-corrected chi connectivity index (χ0v) is 20.3. The first-order valence-electron chi connectivity index (χ1n) is 9.78. The Labute approximate surface area is 204 Å². The number of ether oxygens (including phenoxy) is 1. The molecule has 2 heterocycles. The minimum Gasteiger partial charge on any atom is -0.503 e. The summed E-state index contributed by atoms with van der Waals surface area (Å²) in [6.07, 6.45) is 1.49. The van der Waals surface area contributed by atoms with Crippen LogP contribution in [0.1, 0.15) is 5.56 Å². The van der Waals surface area contributed by atoms with E-state index in [0.29, 0.717) is 36.8 Å². The molecular weight excluding hydrogens is 554 g/mol. The number of phenolic OH excluding ortho intramolecular Hbond substituents is 1. The van der Waals surface area contributed by atoms with Crippen molar-refractivity contribution in [1.82, 2.24) is 9.66 Å². The van der Waals surface area contributed by atoms with E-state index in [1.807, 2.05) is 36.4 Å². The van der Waals surface area contributed by atoms with Gasteiger partial charge in [-0.05, 0) is 62.2 Å². The van der Waals surface area contributed by atoms with Crippen LogP contribution in [0.5, 0.6) is 11.5 Å². The summed E-state index contributed by atoms with van der Waals surface area (Å²) in [7, 11) is 1.45. The Morgan fingerprint density at radius 1 is 1.09 bits per heavy atom. The topological polar surface area (TPSA) is 89.9 Å². The predicted molar refractivity (Wildman–Crippen MR) is 134 cm³/mol. The van der Waals surface area contributed by atoms with Gasteiger partial charge in [0.1, 0.15) is 5.58 Å². The van der Waals surface area contributed by atoms with Gasteiger partial charge in [-0.25, -0.2) is 4.98 Å². The molecule has 0 aliphatic rings. The summed E-state index contributed by atoms with van der Waals surface area (Å²) in [5.41, 5.74) is 1.46. The molecule has 0 aliphatic carbocycles. The zero-order valence-electron chi connectivity index (χ0n) is 17.1. The second-order valence-corrected chi connectivity index (χ2v) is 8.69. The standard InChI is InChI=1S/C24H15Br2N3O4/c1-32-18-11-14(20(25)21(26)22(18)30)12-27-29-23(19-10-13-6-2-5-9-17(13)33-19)28-16-8-4-3-7-15(16)24(29)31/h2-12,30H,1H3. The van der Waals surface area contributed by atoms with Crippen molar-refractivity contribution in [2.45, 2.75) is 0 Å². The first-order valence-corrected chi connectivity index (χ1v) is 11.4. The van der Waals surface area contributed by atoms with E-state index in [9.17, 15) is 9.90 Å². The summed E-state index contributed by atoms with van der Waals surface area (Å²) < 4.78 is 13.4. The van der Waals surface area contributed by atoms with E-state index in [4.69, 9.17) is 9.15 Å². The van der Waals surface area contributed by atoms with Crippen molar-refractivity contribution in [3.8, 4) is 23.1 Å². The molecular formula is C24H15Br2N3O4. The molecule has 0 unspecified atom stereocenters. The molecule has 164 valence electrons. The molecule has 0 fully saturated rings. The summed E-state index contributed by atoms with van der Waals surface area (Å²) in [5.74, 6) is 0.897. The number of benzene rings is 3. The molecule has 3 aromatic carbocycles. The van der Waals surface area contributed by atoms with E-state index in [1.165, 1.54) is 18.0 Å². The van der Waals surface area contributed by atoms with Crippen molar-refractivity contribution < 1.29 is 14.3 Å². The first kappa shape index (κ1) is 21.4. The number of phenols is 1. The quantitative estimate of drug-likeness (QED) is 0.271. The second-order valence-electron chi connectivity index (χ2n) is 7.11. The lowest BCUT2D eigenvalue weighted by molar-refractivity contribution is 0.371. The van der Waals surface area contributed by atoms with Gasteiger partial charge in [-0.2, -0.15) is 9.78 Å². The van der Waals surface area contributed by atoms with Gasteiger partial charge in [0.2, 0.25) is 5.82 Å². The minimum atomic E-state index is -0.340. The van der Waals surface area contributed by atoms with Crippen LogP contribution in [0.3, 0.4) is 0 Å². The van der Waals surface area contributed by atoms with Crippen LogP contribution in [0.2, 0.25) is 0 Å². The normalized spacial score (nSPS) is 11.6. The fraction of sp³-hybridized carbons (Fsp3) is 0.0417. The van der Waals surface area contributed by atoms with Crippen LogP contribution < -0.4 is 10.3 Å². The molecule has 0 radical (unpaired) electrons. The molecule has 1 N–H and O–H groups in total. The fourth-order valence-corrected chi connectivity index (χ4v) is 4.29. The molecule has 33 heavy (non-hydrogen) atoms. The van der Waals surface area contributed by atoms with Crippen molar-refractivity contribution in [3.63, 3.8) is 0 Å². The van der Waals surface area contributed by atoms with E-state index < -0.39 is 0 Å². The van der Waals surface area contributed by atoms with Crippen molar-refractivity contribution in [2.24, 2.45) is 5.10 Å². The van der Waals surface area contributed by atoms with Crippen LogP contribution in [-0.2, 0) is 0 Å². The lowest BCUT2D eigenvalue weighted by Gasteiger charge is -2.10. The molecule has 5 rings (SSSR count). The number of nitrogens with zero attached hydrogens (tertiary/aromatic N) is 3. The number of rotatable bonds is 4. The highest BCUT2D eigenvalue weighted by atomic mass is 79.9. The molecule has 5 aromatic rings. The summed E-state index contributed by atoms with van der Waals surface area (Å²) in [6, 6.07) is 18.1. The van der Waals surface area contributed by atoms with E-state index >= 15 is 0 Å². The average Bonchev–Trinajstić information content (AvgIpc) is 3.27. The molecule has 0 bridgehead atoms. The number of aromatic hydroxyl groups is 1. The molecule has 0 spiro atoms. The molecule has 9 heteroatoms. The SMILES string of the molecule is COc1cc(C=Nn2c(-c3cc4ccccc4o3)nc3ccccc3c2=O)c(Br)c(Br)c1O. The second kappa shape index (κ2) is 8.49. The van der Waals surface area contributed by atoms with Crippen LogP contribution in [-0.4, -0.2) is 28.1 Å². The third kappa shape index (κ3) is 3.73. The third-order valence-electron chi connectivity index (χ3n) is 5.11. The van der Waals surface area contributed by atoms with E-state index in [2.05, 4.69) is 41.9 Å². The number of furan rings is 1. The highest BCUT2D eigenvalue weighted by Gasteiger charge is 2.17. The number of fused-ring (bicyclic) bond motifs is 2. The van der Waals surface area contributed by atoms with Gasteiger partial charge in [-0.1, -0.05) is 30.3 Å². The van der Waals surface area contributed by atoms with E-state index in [1.54, 1.807) is 24.3 Å². The molecule has 0 atom stereocenters. The highest BCUT2D eigenvalue weighted by Crippen LogP contribution is 2.41. The molecule has 0 saturated heterocycles. The first-order chi connectivity index (χ1) is 16.0. The Bertz CT molecular complexity index is 1590. The lowest BCUT2D eigenvalue weighted by Crippen LogP contribution is -2.20. The lowest BCUT2D eigenvalue weighted by atomic mass is 10.2. The van der Waals surface area contributed by atoms with Crippen molar-refractivity contribution in [3.05, 3.63) is 85.5 Å². The van der Waals surface area contributed by atoms with E-state index in [0.717, 1.165) is 5.39 Å². The Morgan fingerprint density at radius 2 is 1.85 bits per heavy atom. The van der Waals surface area contributed by atoms with Crippen LogP contribution in [0.4, 0.5) is 0 Å². The molecule has 0 amide bonds. The summed E-state index contributed by atoms with van der Waals surface area (Å²) in [6.45, 7) is 0. The smallest absolute Gasteiger partial charge is 0.282 e. The largest absolute Gasteiger partial charge is 0.503 e. The van der Waals surface area contributed by atoms with Crippen LogP contribution in [0, 0.1) is 0 Å². The van der Waals surface area contributed by atoms with Gasteiger partial charge in [0.05, 0.1) is 28.7 Å². The van der Waals surface area contributed by atoms with Crippen LogP contribution in [0.25, 0.3) is 33.5 Å². The highest BCUT2D eigenvalue weighted by molar-refractivity contribution is 9.13. The molecule has 7 nitrogen and oxygen atoms in total. The summed E-state index contributed by atoms with van der Waals surface area (Å²) in [5, 5.41) is 16.0. The van der Waals surface area contributed by atoms with Gasteiger partial charge in [0, 0.05) is 15.4 Å². The maximum absolute atomic E-state index is 13.4. The number of hydrogen-bond acceptors (Lipinski definition) is 6. The number of hydrogen-bond donors (Lipinski definition) is 1. The third-order valence-corrected chi connectivity index (χ3v) is 7.26. The van der Waals surface area contributed by atoms with Crippen molar-refractivity contribution in [2.75, 3.05) is 7.11 Å². The minimum absolute atomic E-state index is 0.0472. The monoisotopic (exact) mass is 567 g/mol. The average molecular weight is 569 g/mol. The van der Waals surface area contributed by atoms with Crippen LogP contribution in [0.15, 0.2) is 83.9 Å². The van der Waals surface area contributed by atoms with Gasteiger partial charge in [-0.15, -0.1) is 0 Å². The van der Waals surface area contributed by atoms with Crippen molar-refractivity contribution in [1.29, 1.82) is 0 Å². The maximum Gasteiger partial charge on any atom is 0.282 e. The van der Waals surface area contributed by atoms with Gasteiger partial charge in [0.15, 0.2) is 17.3 Å². The van der Waals surface area contributed by atoms with Gasteiger partial charge in [-0.3, -0.25) is 4.79 Å². The number of para-hydroxylation sites is 2. The summed E-state index contributed by atoms with van der Waals surface area (Å²) in [4.78, 5) is 18.0. The van der Waals surface area contributed by atoms with Crippen LogP contribution >= 0.6 is 31.9 Å². The summed E-state index contributed by atoms with van der Waals surface area (Å²) >= 11 is 6.77. The number of halogens is 2. The Kier molecular flexibility index (Phi) is 5.51. The van der Waals surface area contributed by atoms with Crippen molar-refractivity contribution >= 4 is 59.9 Å². The van der Waals surface area contributed by atoms with Gasteiger partial charge < -0.3 is 14.3 Å². The Hall–Kier alpha value is -3.43. The zero-order chi connectivity index (χ0) is 23.1. The van der Waals surface area contributed by atoms with E-state index in [-0.39, 0.29) is 22.9 Å². The number of aromatic nitrogens is 2. The Morgan fingerprint density at radius 3 is 2.64 bits per heavy atom. The Balaban J connectivity index is 1.74. The number of methoxy groups -OCH3 is 1. The van der Waals surface area contributed by atoms with Gasteiger partial charge >= 0.3 is 0 Å². The molecule has 0 saturated carbocycles. The predicted octanol–water partition coefficient (Wildman–Crippen LogP) is 5.93.